The smallest absolute Gasteiger partial charge is 0.269 e. The molecule has 0 radical (unpaired) electrons. The molecule has 5 rings (SSSR count). The number of halogens is 2. The van der Waals surface area contributed by atoms with Crippen LogP contribution in [0.25, 0.3) is 0 Å². The Hall–Kier alpha value is -2.38. The molecule has 0 unspecified atom stereocenters. The lowest BCUT2D eigenvalue weighted by atomic mass is 10.1. The van der Waals surface area contributed by atoms with Crippen LogP contribution in [0.4, 0.5) is 11.4 Å². The Morgan fingerprint density at radius 3 is 2.53 bits per heavy atom. The Kier molecular flexibility index (Phi) is 6.67. The van der Waals surface area contributed by atoms with E-state index in [4.69, 9.17) is 28.2 Å². The van der Waals surface area contributed by atoms with Gasteiger partial charge in [-0.05, 0) is 66.6 Å². The van der Waals surface area contributed by atoms with Crippen LogP contribution in [-0.4, -0.2) is 29.6 Å². The van der Waals surface area contributed by atoms with Crippen LogP contribution >= 0.6 is 46.7 Å². The van der Waals surface area contributed by atoms with Gasteiger partial charge >= 0.3 is 0 Å². The number of hydrogen-bond acceptors (Lipinski definition) is 5. The van der Waals surface area contributed by atoms with Gasteiger partial charge in [0.25, 0.3) is 5.91 Å². The molecule has 34 heavy (non-hydrogen) atoms. The van der Waals surface area contributed by atoms with E-state index in [1.165, 1.54) is 17.3 Å². The van der Waals surface area contributed by atoms with Crippen LogP contribution in [0.2, 0.25) is 10.0 Å². The molecule has 3 aromatic rings. The zero-order valence-corrected chi connectivity index (χ0v) is 21.7. The highest BCUT2D eigenvalue weighted by Gasteiger charge is 2.39. The van der Waals surface area contributed by atoms with Gasteiger partial charge in [0.05, 0.1) is 16.4 Å². The number of carbonyl (C=O) groups is 1. The van der Waals surface area contributed by atoms with E-state index in [9.17, 15) is 4.79 Å². The summed E-state index contributed by atoms with van der Waals surface area (Å²) in [6.07, 6.45) is 0.738. The van der Waals surface area contributed by atoms with Crippen LogP contribution < -0.4 is 4.90 Å². The molecule has 3 aromatic carbocycles. The number of thioether (sulfide) groups is 2. The van der Waals surface area contributed by atoms with Crippen molar-refractivity contribution in [2.45, 2.75) is 18.2 Å². The van der Waals surface area contributed by atoms with Gasteiger partial charge in [0, 0.05) is 28.5 Å². The highest BCUT2D eigenvalue weighted by Crippen LogP contribution is 2.50. The maximum atomic E-state index is 13.7. The minimum atomic E-state index is -0.0360. The molecule has 2 aliphatic heterocycles. The normalized spacial score (nSPS) is 18.8. The van der Waals surface area contributed by atoms with Crippen molar-refractivity contribution >= 4 is 69.2 Å². The molecule has 0 N–H and O–H groups in total. The third kappa shape index (κ3) is 4.60. The SMILES string of the molecule is Cc1ccc(N=C2S/C(=C3\Sc4ccc(Cl)cc4N3C)C(=O)N2CCc2ccccc2)cc1Cl. The van der Waals surface area contributed by atoms with Crippen molar-refractivity contribution in [2.24, 2.45) is 4.99 Å². The number of benzene rings is 3. The third-order valence-electron chi connectivity index (χ3n) is 5.70. The molecule has 4 nitrogen and oxygen atoms in total. The van der Waals surface area contributed by atoms with Crippen LogP contribution in [0.1, 0.15) is 11.1 Å². The predicted octanol–water partition coefficient (Wildman–Crippen LogP) is 7.52. The first kappa shape index (κ1) is 23.4. The molecule has 1 saturated heterocycles. The topological polar surface area (TPSA) is 35.9 Å². The number of amidine groups is 1. The monoisotopic (exact) mass is 525 g/mol. The summed E-state index contributed by atoms with van der Waals surface area (Å²) in [6, 6.07) is 21.7. The molecule has 0 aromatic heterocycles. The molecule has 0 bridgehead atoms. The number of carbonyl (C=O) groups excluding carboxylic acids is 1. The quantitative estimate of drug-likeness (QED) is 0.330. The van der Waals surface area contributed by atoms with Crippen molar-refractivity contribution in [2.75, 3.05) is 18.5 Å². The highest BCUT2D eigenvalue weighted by molar-refractivity contribution is 8.19. The number of aliphatic imine (C=N–C) groups is 1. The minimum absolute atomic E-state index is 0.0360. The molecule has 2 aliphatic rings. The van der Waals surface area contributed by atoms with Gasteiger partial charge in [0.2, 0.25) is 0 Å². The van der Waals surface area contributed by atoms with Crippen LogP contribution in [0.5, 0.6) is 0 Å². The first-order valence-electron chi connectivity index (χ1n) is 10.7. The van der Waals surface area contributed by atoms with Gasteiger partial charge in [-0.2, -0.15) is 0 Å². The maximum absolute atomic E-state index is 13.7. The van der Waals surface area contributed by atoms with Gasteiger partial charge in [-0.25, -0.2) is 4.99 Å². The molecule has 8 heteroatoms. The van der Waals surface area contributed by atoms with E-state index in [-0.39, 0.29) is 5.91 Å². The fraction of sp³-hybridized carbons (Fsp3) is 0.154. The molecular formula is C26H21Cl2N3OS2. The van der Waals surface area contributed by atoms with E-state index in [1.807, 2.05) is 73.5 Å². The lowest BCUT2D eigenvalue weighted by molar-refractivity contribution is -0.122. The number of aryl methyl sites for hydroxylation is 1. The summed E-state index contributed by atoms with van der Waals surface area (Å²) in [5.41, 5.74) is 3.89. The van der Waals surface area contributed by atoms with Gasteiger partial charge in [-0.1, -0.05) is 71.4 Å². The zero-order chi connectivity index (χ0) is 23.8. The van der Waals surface area contributed by atoms with Gasteiger partial charge in [0.1, 0.15) is 4.91 Å². The van der Waals surface area contributed by atoms with E-state index in [0.29, 0.717) is 26.7 Å². The summed E-state index contributed by atoms with van der Waals surface area (Å²) in [5.74, 6) is -0.0360. The van der Waals surface area contributed by atoms with Crippen LogP contribution in [0.15, 0.2) is 86.6 Å². The maximum Gasteiger partial charge on any atom is 0.269 e. The van der Waals surface area contributed by atoms with E-state index >= 15 is 0 Å². The molecule has 172 valence electrons. The van der Waals surface area contributed by atoms with Crippen molar-refractivity contribution in [3.63, 3.8) is 0 Å². The van der Waals surface area contributed by atoms with E-state index in [0.717, 1.165) is 33.3 Å². The first-order valence-corrected chi connectivity index (χ1v) is 13.1. The minimum Gasteiger partial charge on any atom is -0.337 e. The molecule has 1 fully saturated rings. The summed E-state index contributed by atoms with van der Waals surface area (Å²) < 4.78 is 0. The molecule has 0 saturated carbocycles. The summed E-state index contributed by atoms with van der Waals surface area (Å²) in [5, 5.41) is 2.88. The fourth-order valence-electron chi connectivity index (χ4n) is 3.78. The number of fused-ring (bicyclic) bond motifs is 1. The van der Waals surface area contributed by atoms with Gasteiger partial charge in [-0.15, -0.1) is 0 Å². The lowest BCUT2D eigenvalue weighted by Crippen LogP contribution is -2.31. The van der Waals surface area contributed by atoms with E-state index in [1.54, 1.807) is 16.7 Å². The van der Waals surface area contributed by atoms with Crippen LogP contribution in [0.3, 0.4) is 0 Å². The van der Waals surface area contributed by atoms with Gasteiger partial charge < -0.3 is 4.90 Å². The molecule has 0 aliphatic carbocycles. The summed E-state index contributed by atoms with van der Waals surface area (Å²) in [7, 11) is 1.97. The van der Waals surface area contributed by atoms with Crippen molar-refractivity contribution in [1.82, 2.24) is 4.90 Å². The number of rotatable bonds is 4. The number of amides is 1. The number of hydrogen-bond donors (Lipinski definition) is 0. The van der Waals surface area contributed by atoms with Crippen LogP contribution in [-0.2, 0) is 11.2 Å². The second-order valence-corrected chi connectivity index (χ2v) is 10.9. The molecular weight excluding hydrogens is 505 g/mol. The highest BCUT2D eigenvalue weighted by atomic mass is 35.5. The Labute approximate surface area is 217 Å². The molecule has 0 spiro atoms. The van der Waals surface area contributed by atoms with Gasteiger partial charge in [-0.3, -0.25) is 9.69 Å². The fourth-order valence-corrected chi connectivity index (χ4v) is 6.47. The van der Waals surface area contributed by atoms with Crippen LogP contribution in [0, 0.1) is 6.92 Å². The van der Waals surface area contributed by atoms with E-state index in [2.05, 4.69) is 12.1 Å². The zero-order valence-electron chi connectivity index (χ0n) is 18.6. The molecule has 0 atom stereocenters. The average molecular weight is 527 g/mol. The van der Waals surface area contributed by atoms with E-state index < -0.39 is 0 Å². The van der Waals surface area contributed by atoms with Crippen molar-refractivity contribution in [3.05, 3.63) is 97.8 Å². The number of anilines is 1. The Balaban J connectivity index is 1.51. The Morgan fingerprint density at radius 2 is 1.76 bits per heavy atom. The van der Waals surface area contributed by atoms with Gasteiger partial charge in [0.15, 0.2) is 5.17 Å². The standard InChI is InChI=1S/C26H21Cl2N3OS2/c1-16-8-10-19(15-20(16)28)29-26-31(13-12-17-6-4-3-5-7-17)24(32)23(34-26)25-30(2)21-14-18(27)9-11-22(21)33-25/h3-11,14-15H,12-13H2,1-2H3/b25-23-,29-26?. The second kappa shape index (κ2) is 9.70. The Morgan fingerprint density at radius 1 is 0.971 bits per heavy atom. The molecule has 1 amide bonds. The summed E-state index contributed by atoms with van der Waals surface area (Å²) in [6.45, 7) is 2.50. The summed E-state index contributed by atoms with van der Waals surface area (Å²) in [4.78, 5) is 24.1. The summed E-state index contributed by atoms with van der Waals surface area (Å²) >= 11 is 15.6. The molecule has 2 heterocycles. The Bertz CT molecular complexity index is 1340. The average Bonchev–Trinajstić information content (AvgIpc) is 3.31. The lowest BCUT2D eigenvalue weighted by Gasteiger charge is -2.17. The first-order chi connectivity index (χ1) is 16.4. The van der Waals surface area contributed by atoms with Crippen molar-refractivity contribution < 1.29 is 4.79 Å². The van der Waals surface area contributed by atoms with Crippen molar-refractivity contribution in [1.29, 1.82) is 0 Å². The largest absolute Gasteiger partial charge is 0.337 e. The second-order valence-electron chi connectivity index (χ2n) is 8.03. The number of nitrogens with zero attached hydrogens (tertiary/aromatic N) is 3. The predicted molar refractivity (Wildman–Crippen MR) is 145 cm³/mol. The third-order valence-corrected chi connectivity index (χ3v) is 8.77. The van der Waals surface area contributed by atoms with Crippen molar-refractivity contribution in [3.8, 4) is 0 Å².